The van der Waals surface area contributed by atoms with E-state index in [0.717, 1.165) is 25.0 Å². The topological polar surface area (TPSA) is 68.3 Å². The van der Waals surface area contributed by atoms with Crippen molar-refractivity contribution in [2.75, 3.05) is 11.9 Å². The predicted octanol–water partition coefficient (Wildman–Crippen LogP) is 3.88. The number of carbonyl (C=O) groups is 2. The Kier molecular flexibility index (Phi) is 5.48. The molecule has 1 N–H and O–H groups in total. The van der Waals surface area contributed by atoms with Crippen molar-refractivity contribution in [3.05, 3.63) is 40.4 Å². The lowest BCUT2D eigenvalue weighted by atomic mass is 9.93. The van der Waals surface area contributed by atoms with Crippen molar-refractivity contribution in [2.24, 2.45) is 5.92 Å². The van der Waals surface area contributed by atoms with E-state index in [0.29, 0.717) is 28.8 Å². The molecule has 1 atom stereocenters. The van der Waals surface area contributed by atoms with Gasteiger partial charge in [-0.2, -0.15) is 0 Å². The predicted molar refractivity (Wildman–Crippen MR) is 98.5 cm³/mol. The molecule has 1 heterocycles. The first-order valence-electron chi connectivity index (χ1n) is 8.59. The second-order valence-electron chi connectivity index (χ2n) is 6.37. The number of hydrogen-bond acceptors (Lipinski definition) is 5. The van der Waals surface area contributed by atoms with Crippen LogP contribution in [-0.2, 0) is 17.6 Å². The molecular weight excluding hydrogens is 336 g/mol. The number of amides is 1. The maximum absolute atomic E-state index is 12.1. The lowest BCUT2D eigenvalue weighted by molar-refractivity contribution is -0.118. The number of rotatable bonds is 6. The van der Waals surface area contributed by atoms with Crippen LogP contribution in [0.1, 0.15) is 47.6 Å². The highest BCUT2D eigenvalue weighted by Gasteiger charge is 2.20. The van der Waals surface area contributed by atoms with Crippen LogP contribution < -0.4 is 10.1 Å². The van der Waals surface area contributed by atoms with E-state index in [1.807, 2.05) is 6.92 Å². The number of ether oxygens (including phenoxy) is 1. The van der Waals surface area contributed by atoms with Crippen molar-refractivity contribution in [3.63, 3.8) is 0 Å². The average molecular weight is 358 g/mol. The molecule has 0 unspecified atom stereocenters. The largest absolute Gasteiger partial charge is 0.484 e. The van der Waals surface area contributed by atoms with E-state index in [1.54, 1.807) is 35.6 Å². The molecule has 0 fully saturated rings. The first kappa shape index (κ1) is 17.6. The molecule has 132 valence electrons. The van der Waals surface area contributed by atoms with Gasteiger partial charge in [0.2, 0.25) is 0 Å². The molecule has 5 nitrogen and oxygen atoms in total. The molecular formula is C19H22N2O3S. The van der Waals surface area contributed by atoms with Gasteiger partial charge < -0.3 is 4.74 Å². The Bertz CT molecular complexity index is 767. The van der Waals surface area contributed by atoms with E-state index in [2.05, 4.69) is 17.2 Å². The summed E-state index contributed by atoms with van der Waals surface area (Å²) in [6.45, 7) is 3.99. The molecule has 0 aliphatic heterocycles. The van der Waals surface area contributed by atoms with Gasteiger partial charge in [-0.15, -0.1) is 11.3 Å². The van der Waals surface area contributed by atoms with Gasteiger partial charge >= 0.3 is 0 Å². The summed E-state index contributed by atoms with van der Waals surface area (Å²) < 4.78 is 5.48. The summed E-state index contributed by atoms with van der Waals surface area (Å²) in [5.41, 5.74) is 1.78. The van der Waals surface area contributed by atoms with Crippen molar-refractivity contribution in [2.45, 2.75) is 39.5 Å². The molecule has 1 amide bonds. The average Bonchev–Trinajstić information content (AvgIpc) is 3.01. The van der Waals surface area contributed by atoms with Gasteiger partial charge in [-0.3, -0.25) is 14.9 Å². The number of fused-ring (bicyclic) bond motifs is 1. The fraction of sp³-hybridized carbons (Fsp3) is 0.421. The SMILES string of the molecule is CCC(=O)c1ccc(OCC(=O)Nc2nc3c(s2)C[C@@H](C)CC3)cc1. The van der Waals surface area contributed by atoms with E-state index in [4.69, 9.17) is 4.74 Å². The molecule has 3 rings (SSSR count). The lowest BCUT2D eigenvalue weighted by Gasteiger charge is -2.15. The zero-order valence-electron chi connectivity index (χ0n) is 14.5. The highest BCUT2D eigenvalue weighted by molar-refractivity contribution is 7.15. The molecule has 1 aliphatic rings. The molecule has 0 saturated heterocycles. The van der Waals surface area contributed by atoms with Crippen LogP contribution in [0.4, 0.5) is 5.13 Å². The molecule has 0 radical (unpaired) electrons. The van der Waals surface area contributed by atoms with Crippen molar-refractivity contribution in [1.29, 1.82) is 0 Å². The summed E-state index contributed by atoms with van der Waals surface area (Å²) in [5, 5.41) is 3.46. The van der Waals surface area contributed by atoms with Gasteiger partial charge in [-0.05, 0) is 49.4 Å². The Balaban J connectivity index is 1.52. The van der Waals surface area contributed by atoms with Gasteiger partial charge in [0.05, 0.1) is 5.69 Å². The van der Waals surface area contributed by atoms with Gasteiger partial charge in [0.1, 0.15) is 5.75 Å². The summed E-state index contributed by atoms with van der Waals surface area (Å²) in [6, 6.07) is 6.85. The zero-order chi connectivity index (χ0) is 17.8. The minimum Gasteiger partial charge on any atom is -0.484 e. The molecule has 0 bridgehead atoms. The van der Waals surface area contributed by atoms with Crippen LogP contribution >= 0.6 is 11.3 Å². The second-order valence-corrected chi connectivity index (χ2v) is 7.46. The fourth-order valence-electron chi connectivity index (χ4n) is 2.84. The Morgan fingerprint density at radius 3 is 2.80 bits per heavy atom. The van der Waals surface area contributed by atoms with Crippen molar-refractivity contribution >= 4 is 28.2 Å². The number of hydrogen-bond donors (Lipinski definition) is 1. The maximum atomic E-state index is 12.1. The first-order valence-corrected chi connectivity index (χ1v) is 9.41. The summed E-state index contributed by atoms with van der Waals surface area (Å²) in [7, 11) is 0. The second kappa shape index (κ2) is 7.78. The quantitative estimate of drug-likeness (QED) is 0.796. The summed E-state index contributed by atoms with van der Waals surface area (Å²) in [6.07, 6.45) is 3.66. The Hall–Kier alpha value is -2.21. The van der Waals surface area contributed by atoms with Crippen LogP contribution in [-0.4, -0.2) is 23.3 Å². The van der Waals surface area contributed by atoms with Crippen LogP contribution in [0.3, 0.4) is 0 Å². The number of nitrogens with zero attached hydrogens (tertiary/aromatic N) is 1. The Labute approximate surface area is 151 Å². The molecule has 25 heavy (non-hydrogen) atoms. The van der Waals surface area contributed by atoms with Crippen LogP contribution in [0.5, 0.6) is 5.75 Å². The highest BCUT2D eigenvalue weighted by atomic mass is 32.1. The lowest BCUT2D eigenvalue weighted by Crippen LogP contribution is -2.20. The molecule has 1 aliphatic carbocycles. The minimum atomic E-state index is -0.229. The molecule has 2 aromatic rings. The number of aromatic nitrogens is 1. The maximum Gasteiger partial charge on any atom is 0.264 e. The van der Waals surface area contributed by atoms with E-state index >= 15 is 0 Å². The summed E-state index contributed by atoms with van der Waals surface area (Å²) >= 11 is 1.56. The van der Waals surface area contributed by atoms with Gasteiger partial charge in [0.15, 0.2) is 17.5 Å². The highest BCUT2D eigenvalue weighted by Crippen LogP contribution is 2.32. The van der Waals surface area contributed by atoms with Gasteiger partial charge in [-0.25, -0.2) is 4.98 Å². The van der Waals surface area contributed by atoms with E-state index in [-0.39, 0.29) is 18.3 Å². The third-order valence-electron chi connectivity index (χ3n) is 4.30. The van der Waals surface area contributed by atoms with Gasteiger partial charge in [0.25, 0.3) is 5.91 Å². The Morgan fingerprint density at radius 2 is 2.08 bits per heavy atom. The molecule has 1 aromatic carbocycles. The third-order valence-corrected chi connectivity index (χ3v) is 5.34. The monoisotopic (exact) mass is 358 g/mol. The van der Waals surface area contributed by atoms with Crippen molar-refractivity contribution in [1.82, 2.24) is 4.98 Å². The van der Waals surface area contributed by atoms with E-state index in [1.165, 1.54) is 4.88 Å². The first-order chi connectivity index (χ1) is 12.0. The number of Topliss-reactive ketones (excluding diaryl/α,β-unsaturated/α-hetero) is 1. The number of anilines is 1. The number of nitrogens with one attached hydrogen (secondary N) is 1. The van der Waals surface area contributed by atoms with Crippen LogP contribution in [0, 0.1) is 5.92 Å². The normalized spacial score (nSPS) is 16.2. The number of thiazole rings is 1. The van der Waals surface area contributed by atoms with Gasteiger partial charge in [0, 0.05) is 16.9 Å². The number of benzene rings is 1. The fourth-order valence-corrected chi connectivity index (χ4v) is 4.03. The molecule has 0 spiro atoms. The van der Waals surface area contributed by atoms with Crippen LogP contribution in [0.25, 0.3) is 0 Å². The van der Waals surface area contributed by atoms with E-state index < -0.39 is 0 Å². The summed E-state index contributed by atoms with van der Waals surface area (Å²) in [5.74, 6) is 1.11. The molecule has 0 saturated carbocycles. The van der Waals surface area contributed by atoms with E-state index in [9.17, 15) is 9.59 Å². The zero-order valence-corrected chi connectivity index (χ0v) is 15.3. The van der Waals surface area contributed by atoms with Crippen molar-refractivity contribution < 1.29 is 14.3 Å². The molecule has 1 aromatic heterocycles. The third kappa shape index (κ3) is 4.45. The smallest absolute Gasteiger partial charge is 0.264 e. The number of carbonyl (C=O) groups excluding carboxylic acids is 2. The van der Waals surface area contributed by atoms with Gasteiger partial charge in [-0.1, -0.05) is 13.8 Å². The number of aryl methyl sites for hydroxylation is 1. The van der Waals surface area contributed by atoms with Crippen LogP contribution in [0.2, 0.25) is 0 Å². The Morgan fingerprint density at radius 1 is 1.32 bits per heavy atom. The standard InChI is InChI=1S/C19H22N2O3S/c1-3-16(22)13-5-7-14(8-6-13)24-11-18(23)21-19-20-15-9-4-12(2)10-17(15)25-19/h5-8,12H,3-4,9-11H2,1-2H3,(H,20,21,23)/t12-/m0/s1. The number of ketones is 1. The van der Waals surface area contributed by atoms with Crippen molar-refractivity contribution in [3.8, 4) is 5.75 Å². The molecule has 6 heteroatoms. The minimum absolute atomic E-state index is 0.0816. The summed E-state index contributed by atoms with van der Waals surface area (Å²) in [4.78, 5) is 29.4. The van der Waals surface area contributed by atoms with Crippen LogP contribution in [0.15, 0.2) is 24.3 Å².